The van der Waals surface area contributed by atoms with Crippen molar-refractivity contribution >= 4 is 11.5 Å². The zero-order valence-corrected chi connectivity index (χ0v) is 17.7. The van der Waals surface area contributed by atoms with Crippen LogP contribution in [0.5, 0.6) is 0 Å². The Morgan fingerprint density at radius 3 is 2.60 bits per heavy atom. The number of ketones is 1. The minimum absolute atomic E-state index is 0.0469. The minimum Gasteiger partial charge on any atom is -0.309 e. The third-order valence-electron chi connectivity index (χ3n) is 6.29. The van der Waals surface area contributed by atoms with E-state index in [0.717, 1.165) is 42.4 Å². The van der Waals surface area contributed by atoms with Gasteiger partial charge in [-0.2, -0.15) is 8.78 Å². The van der Waals surface area contributed by atoms with Crippen LogP contribution in [0.2, 0.25) is 0 Å². The van der Waals surface area contributed by atoms with Gasteiger partial charge in [0, 0.05) is 17.7 Å². The van der Waals surface area contributed by atoms with Crippen LogP contribution in [0.1, 0.15) is 49.8 Å². The zero-order chi connectivity index (χ0) is 21.9. The quantitative estimate of drug-likeness (QED) is 0.557. The summed E-state index contributed by atoms with van der Waals surface area (Å²) >= 11 is 0. The summed E-state index contributed by atoms with van der Waals surface area (Å²) in [7, 11) is 0. The average molecular weight is 410 g/mol. The van der Waals surface area contributed by atoms with Crippen LogP contribution in [0.15, 0.2) is 55.1 Å². The molecule has 2 aromatic carbocycles. The van der Waals surface area contributed by atoms with Crippen LogP contribution in [0.25, 0.3) is 11.1 Å². The summed E-state index contributed by atoms with van der Waals surface area (Å²) in [6.07, 6.45) is 4.54. The lowest BCUT2D eigenvalue weighted by molar-refractivity contribution is -0.120. The van der Waals surface area contributed by atoms with E-state index in [2.05, 4.69) is 13.5 Å². The Kier molecular flexibility index (Phi) is 6.64. The van der Waals surface area contributed by atoms with Crippen molar-refractivity contribution in [3.63, 3.8) is 0 Å². The number of hydrogen-bond acceptors (Lipinski definition) is 2. The molecule has 0 amide bonds. The van der Waals surface area contributed by atoms with Gasteiger partial charge in [-0.05, 0) is 66.0 Å². The summed E-state index contributed by atoms with van der Waals surface area (Å²) in [5.41, 5.74) is 4.02. The van der Waals surface area contributed by atoms with E-state index in [1.165, 1.54) is 12.1 Å². The second kappa shape index (κ2) is 9.03. The summed E-state index contributed by atoms with van der Waals surface area (Å²) in [4.78, 5) is 12.9. The molecule has 1 aliphatic carbocycles. The van der Waals surface area contributed by atoms with E-state index in [4.69, 9.17) is 5.41 Å². The van der Waals surface area contributed by atoms with Crippen LogP contribution >= 0.6 is 0 Å². The van der Waals surface area contributed by atoms with Gasteiger partial charge in [0.05, 0.1) is 5.92 Å². The standard InChI is InChI=1S/C26H29F2NO/c1-4-18-8-6-9-19-12-13-21(14-22(19)16-24(30)17(3)25(18)29)20-10-7-11-23(15-20)26(27,28)5-2/h5,7,10-15,17-18,29H,2,4,6,8-9,16H2,1,3H3. The van der Waals surface area contributed by atoms with Crippen molar-refractivity contribution in [2.45, 2.75) is 51.9 Å². The fourth-order valence-electron chi connectivity index (χ4n) is 4.22. The van der Waals surface area contributed by atoms with Gasteiger partial charge in [-0.15, -0.1) is 0 Å². The fraction of sp³-hybridized carbons (Fsp3) is 0.385. The summed E-state index contributed by atoms with van der Waals surface area (Å²) in [5, 5.41) is 8.45. The molecule has 0 saturated heterocycles. The van der Waals surface area contributed by atoms with Crippen LogP contribution in [0.3, 0.4) is 0 Å². The molecule has 0 bridgehead atoms. The maximum atomic E-state index is 14.0. The monoisotopic (exact) mass is 409 g/mol. The smallest absolute Gasteiger partial charge is 0.291 e. The molecule has 0 heterocycles. The molecule has 2 nitrogen and oxygen atoms in total. The Morgan fingerprint density at radius 1 is 1.17 bits per heavy atom. The number of aryl methyl sites for hydroxylation is 1. The highest BCUT2D eigenvalue weighted by atomic mass is 19.3. The number of alkyl halides is 2. The SMILES string of the molecule is C=CC(F)(F)c1cccc(-c2ccc3c(c2)CC(=O)C(C)C(=N)C(CC)CCC3)c1. The molecule has 3 rings (SSSR count). The molecule has 0 aromatic heterocycles. The normalized spacial score (nSPS) is 20.5. The maximum Gasteiger partial charge on any atom is 0.291 e. The van der Waals surface area contributed by atoms with Crippen molar-refractivity contribution in [3.8, 4) is 11.1 Å². The average Bonchev–Trinajstić information content (AvgIpc) is 2.76. The van der Waals surface area contributed by atoms with E-state index >= 15 is 0 Å². The van der Waals surface area contributed by atoms with E-state index in [9.17, 15) is 13.6 Å². The first-order valence-electron chi connectivity index (χ1n) is 10.6. The number of fused-ring (bicyclic) bond motifs is 1. The van der Waals surface area contributed by atoms with Crippen molar-refractivity contribution in [3.05, 3.63) is 71.8 Å². The molecular weight excluding hydrogens is 380 g/mol. The first kappa shape index (κ1) is 22.1. The van der Waals surface area contributed by atoms with Gasteiger partial charge in [0.25, 0.3) is 5.92 Å². The predicted octanol–water partition coefficient (Wildman–Crippen LogP) is 6.76. The Balaban J connectivity index is 1.98. The van der Waals surface area contributed by atoms with Gasteiger partial charge in [0.15, 0.2) is 0 Å². The Bertz CT molecular complexity index is 963. The van der Waals surface area contributed by atoms with Gasteiger partial charge in [0.2, 0.25) is 0 Å². The lowest BCUT2D eigenvalue weighted by Crippen LogP contribution is -2.29. The summed E-state index contributed by atoms with van der Waals surface area (Å²) < 4.78 is 28.1. The number of halogens is 2. The third-order valence-corrected chi connectivity index (χ3v) is 6.29. The molecule has 158 valence electrons. The van der Waals surface area contributed by atoms with Crippen LogP contribution in [-0.4, -0.2) is 11.5 Å². The molecule has 30 heavy (non-hydrogen) atoms. The predicted molar refractivity (Wildman–Crippen MR) is 118 cm³/mol. The lowest BCUT2D eigenvalue weighted by Gasteiger charge is -2.23. The maximum absolute atomic E-state index is 14.0. The van der Waals surface area contributed by atoms with Gasteiger partial charge in [-0.3, -0.25) is 4.79 Å². The number of nitrogens with one attached hydrogen (secondary N) is 1. The highest BCUT2D eigenvalue weighted by molar-refractivity contribution is 6.05. The van der Waals surface area contributed by atoms with Gasteiger partial charge >= 0.3 is 0 Å². The van der Waals surface area contributed by atoms with Gasteiger partial charge in [0.1, 0.15) is 5.78 Å². The molecule has 0 fully saturated rings. The third kappa shape index (κ3) is 4.58. The van der Waals surface area contributed by atoms with E-state index in [-0.39, 0.29) is 29.6 Å². The van der Waals surface area contributed by atoms with Crippen LogP contribution < -0.4 is 0 Å². The second-order valence-corrected chi connectivity index (χ2v) is 8.21. The number of carbonyl (C=O) groups excluding carboxylic acids is 1. The van der Waals surface area contributed by atoms with Crippen LogP contribution in [-0.2, 0) is 23.6 Å². The molecule has 1 aliphatic rings. The Morgan fingerprint density at radius 2 is 1.90 bits per heavy atom. The number of Topliss-reactive ketones (excluding diaryl/α,β-unsaturated/α-hetero) is 1. The highest BCUT2D eigenvalue weighted by Crippen LogP contribution is 2.33. The molecule has 0 radical (unpaired) electrons. The van der Waals surface area contributed by atoms with E-state index in [1.54, 1.807) is 12.1 Å². The Hall–Kier alpha value is -2.62. The molecule has 1 N–H and O–H groups in total. The minimum atomic E-state index is -3.09. The largest absolute Gasteiger partial charge is 0.309 e. The first-order valence-corrected chi connectivity index (χ1v) is 10.6. The molecular formula is C26H29F2NO. The topological polar surface area (TPSA) is 40.9 Å². The van der Waals surface area contributed by atoms with E-state index in [0.29, 0.717) is 17.4 Å². The van der Waals surface area contributed by atoms with Crippen molar-refractivity contribution in [2.75, 3.05) is 0 Å². The highest BCUT2D eigenvalue weighted by Gasteiger charge is 2.28. The van der Waals surface area contributed by atoms with E-state index in [1.807, 2.05) is 25.1 Å². The van der Waals surface area contributed by atoms with Crippen LogP contribution in [0, 0.1) is 17.2 Å². The summed E-state index contributed by atoms with van der Waals surface area (Å²) in [6, 6.07) is 12.2. The van der Waals surface area contributed by atoms with Crippen molar-refractivity contribution in [2.24, 2.45) is 11.8 Å². The molecule has 4 heteroatoms. The van der Waals surface area contributed by atoms with Crippen molar-refractivity contribution < 1.29 is 13.6 Å². The summed E-state index contributed by atoms with van der Waals surface area (Å²) in [6.45, 7) is 7.14. The fourth-order valence-corrected chi connectivity index (χ4v) is 4.22. The molecule has 2 unspecified atom stereocenters. The molecule has 2 aromatic rings. The van der Waals surface area contributed by atoms with Gasteiger partial charge in [-0.25, -0.2) is 0 Å². The number of hydrogen-bond donors (Lipinski definition) is 1. The second-order valence-electron chi connectivity index (χ2n) is 8.21. The van der Waals surface area contributed by atoms with Crippen molar-refractivity contribution in [1.82, 2.24) is 0 Å². The molecule has 0 spiro atoms. The zero-order valence-electron chi connectivity index (χ0n) is 17.7. The van der Waals surface area contributed by atoms with E-state index < -0.39 is 5.92 Å². The summed E-state index contributed by atoms with van der Waals surface area (Å²) in [5.74, 6) is -3.26. The molecule has 0 aliphatic heterocycles. The first-order chi connectivity index (χ1) is 14.3. The number of allylic oxidation sites excluding steroid dienone is 1. The molecule has 2 atom stereocenters. The number of benzene rings is 2. The Labute approximate surface area is 177 Å². The number of carbonyl (C=O) groups is 1. The lowest BCUT2D eigenvalue weighted by atomic mass is 9.81. The molecule has 0 saturated carbocycles. The van der Waals surface area contributed by atoms with Crippen molar-refractivity contribution in [1.29, 1.82) is 5.41 Å². The van der Waals surface area contributed by atoms with Gasteiger partial charge in [-0.1, -0.05) is 56.8 Å². The van der Waals surface area contributed by atoms with Gasteiger partial charge < -0.3 is 5.41 Å². The number of rotatable bonds is 4. The van der Waals surface area contributed by atoms with Crippen LogP contribution in [0.4, 0.5) is 8.78 Å².